The Balaban J connectivity index is 1.33. The van der Waals surface area contributed by atoms with Gasteiger partial charge in [0.25, 0.3) is 5.89 Å². The van der Waals surface area contributed by atoms with E-state index in [1.54, 1.807) is 13.1 Å². The molecular weight excluding hydrogens is 500 g/mol. The van der Waals surface area contributed by atoms with Crippen LogP contribution >= 0.6 is 0 Å². The lowest BCUT2D eigenvalue weighted by Gasteiger charge is -2.29. The van der Waals surface area contributed by atoms with E-state index in [-0.39, 0.29) is 12.0 Å². The van der Waals surface area contributed by atoms with E-state index in [1.165, 1.54) is 0 Å². The minimum absolute atomic E-state index is 0.0713. The average Bonchev–Trinajstić information content (AvgIpc) is 3.66. The molecule has 2 aliphatic rings. The van der Waals surface area contributed by atoms with Gasteiger partial charge in [-0.2, -0.15) is 0 Å². The third-order valence-corrected chi connectivity index (χ3v) is 8.78. The van der Waals surface area contributed by atoms with Crippen molar-refractivity contribution in [2.45, 2.75) is 69.7 Å². The highest BCUT2D eigenvalue weighted by atomic mass is 32.2. The first-order chi connectivity index (χ1) is 18.3. The summed E-state index contributed by atoms with van der Waals surface area (Å²) in [5.74, 6) is 1.53. The molecule has 2 aliphatic carbocycles. The third kappa shape index (κ3) is 5.02. The molecule has 0 saturated heterocycles. The minimum Gasteiger partial charge on any atom is -0.420 e. The zero-order valence-corrected chi connectivity index (χ0v) is 22.7. The molecule has 9 nitrogen and oxygen atoms in total. The quantitative estimate of drug-likeness (QED) is 0.333. The molecule has 6 rings (SSSR count). The summed E-state index contributed by atoms with van der Waals surface area (Å²) in [6.45, 7) is 6.16. The number of hydrogen-bond donors (Lipinski definition) is 2. The van der Waals surface area contributed by atoms with Gasteiger partial charge in [-0.05, 0) is 73.4 Å². The smallest absolute Gasteiger partial charge is 0.266 e. The van der Waals surface area contributed by atoms with Crippen molar-refractivity contribution in [3.8, 4) is 11.6 Å². The zero-order chi connectivity index (χ0) is 26.4. The van der Waals surface area contributed by atoms with Crippen LogP contribution in [-0.4, -0.2) is 41.2 Å². The molecule has 0 radical (unpaired) electrons. The molecule has 4 aromatic rings. The fourth-order valence-corrected chi connectivity index (χ4v) is 6.83. The van der Waals surface area contributed by atoms with Gasteiger partial charge in [-0.15, -0.1) is 10.2 Å². The average molecular weight is 533 g/mol. The van der Waals surface area contributed by atoms with Crippen molar-refractivity contribution in [3.05, 3.63) is 59.4 Å². The van der Waals surface area contributed by atoms with Crippen molar-refractivity contribution in [3.63, 3.8) is 0 Å². The SMILES string of the molecule is Cc1nnc(-c2ccc(N[C@H]3CCc4cc5cnc(C6CC6)cc5c(S(=O)(=O)NCC(C)C)c4C3)cn2)o1. The second-order valence-electron chi connectivity index (χ2n) is 10.8. The van der Waals surface area contributed by atoms with Gasteiger partial charge in [-0.1, -0.05) is 13.8 Å². The number of nitrogens with zero attached hydrogens (tertiary/aromatic N) is 4. The van der Waals surface area contributed by atoms with Crippen LogP contribution in [0.3, 0.4) is 0 Å². The summed E-state index contributed by atoms with van der Waals surface area (Å²) in [4.78, 5) is 9.56. The highest BCUT2D eigenvalue weighted by molar-refractivity contribution is 7.89. The molecule has 1 saturated carbocycles. The number of aromatic nitrogens is 4. The van der Waals surface area contributed by atoms with Gasteiger partial charge in [-0.3, -0.25) is 4.98 Å². The van der Waals surface area contributed by atoms with E-state index in [9.17, 15) is 8.42 Å². The Morgan fingerprint density at radius 1 is 1.08 bits per heavy atom. The number of benzene rings is 1. The molecule has 0 spiro atoms. The van der Waals surface area contributed by atoms with Crippen molar-refractivity contribution in [2.75, 3.05) is 11.9 Å². The summed E-state index contributed by atoms with van der Waals surface area (Å²) in [6, 6.07) is 8.00. The molecule has 0 unspecified atom stereocenters. The number of fused-ring (bicyclic) bond motifs is 2. The minimum atomic E-state index is -3.72. The number of nitrogens with one attached hydrogen (secondary N) is 2. The second-order valence-corrected chi connectivity index (χ2v) is 12.5. The van der Waals surface area contributed by atoms with Crippen LogP contribution in [0.15, 0.2) is 46.0 Å². The van der Waals surface area contributed by atoms with E-state index >= 15 is 0 Å². The molecule has 1 aromatic carbocycles. The number of hydrogen-bond acceptors (Lipinski definition) is 8. The highest BCUT2D eigenvalue weighted by Crippen LogP contribution is 2.42. The lowest BCUT2D eigenvalue weighted by atomic mass is 9.86. The summed E-state index contributed by atoms with van der Waals surface area (Å²) in [6.07, 6.45) is 8.11. The summed E-state index contributed by atoms with van der Waals surface area (Å²) in [7, 11) is -3.72. The van der Waals surface area contributed by atoms with Crippen LogP contribution in [0.2, 0.25) is 0 Å². The fourth-order valence-electron chi connectivity index (χ4n) is 5.12. The molecule has 3 heterocycles. The molecular formula is C28H32N6O3S. The maximum atomic E-state index is 13.8. The summed E-state index contributed by atoms with van der Waals surface area (Å²) < 4.78 is 35.9. The molecule has 1 fully saturated rings. The maximum Gasteiger partial charge on any atom is 0.266 e. The lowest BCUT2D eigenvalue weighted by molar-refractivity contribution is 0.531. The van der Waals surface area contributed by atoms with Gasteiger partial charge in [0.05, 0.1) is 16.8 Å². The largest absolute Gasteiger partial charge is 0.420 e. The zero-order valence-electron chi connectivity index (χ0n) is 21.9. The summed E-state index contributed by atoms with van der Waals surface area (Å²) in [5, 5.41) is 13.1. The Morgan fingerprint density at radius 3 is 2.61 bits per heavy atom. The van der Waals surface area contributed by atoms with Crippen molar-refractivity contribution in [2.24, 2.45) is 5.92 Å². The second kappa shape index (κ2) is 9.74. The Morgan fingerprint density at radius 2 is 1.92 bits per heavy atom. The number of anilines is 1. The molecule has 0 aliphatic heterocycles. The lowest BCUT2D eigenvalue weighted by Crippen LogP contribution is -2.32. The first-order valence-corrected chi connectivity index (χ1v) is 14.7. The van der Waals surface area contributed by atoms with Crippen molar-refractivity contribution in [1.29, 1.82) is 0 Å². The van der Waals surface area contributed by atoms with E-state index < -0.39 is 10.0 Å². The highest BCUT2D eigenvalue weighted by Gasteiger charge is 2.31. The Bertz CT molecular complexity index is 1590. The summed E-state index contributed by atoms with van der Waals surface area (Å²) in [5.41, 5.74) is 4.45. The van der Waals surface area contributed by atoms with Gasteiger partial charge in [0.15, 0.2) is 0 Å². The molecule has 1 atom stereocenters. The van der Waals surface area contributed by atoms with Crippen LogP contribution in [0.1, 0.15) is 61.7 Å². The van der Waals surface area contributed by atoms with Crippen LogP contribution in [0.5, 0.6) is 0 Å². The summed E-state index contributed by atoms with van der Waals surface area (Å²) >= 11 is 0. The van der Waals surface area contributed by atoms with Crippen LogP contribution in [-0.2, 0) is 22.9 Å². The van der Waals surface area contributed by atoms with Crippen molar-refractivity contribution in [1.82, 2.24) is 24.9 Å². The number of pyridine rings is 2. The number of rotatable bonds is 8. The molecule has 38 heavy (non-hydrogen) atoms. The molecule has 2 N–H and O–H groups in total. The van der Waals surface area contributed by atoms with Gasteiger partial charge >= 0.3 is 0 Å². The van der Waals surface area contributed by atoms with E-state index in [0.717, 1.165) is 59.0 Å². The normalized spacial score (nSPS) is 17.6. The van der Waals surface area contributed by atoms with Gasteiger partial charge in [-0.25, -0.2) is 18.1 Å². The van der Waals surface area contributed by atoms with Crippen molar-refractivity contribution < 1.29 is 12.8 Å². The topological polar surface area (TPSA) is 123 Å². The van der Waals surface area contributed by atoms with Crippen LogP contribution in [0, 0.1) is 12.8 Å². The van der Waals surface area contributed by atoms with Crippen LogP contribution in [0.25, 0.3) is 22.4 Å². The molecule has 10 heteroatoms. The Hall–Kier alpha value is -3.37. The van der Waals surface area contributed by atoms with E-state index in [1.807, 2.05) is 38.2 Å². The van der Waals surface area contributed by atoms with E-state index in [2.05, 4.69) is 36.3 Å². The van der Waals surface area contributed by atoms with Crippen LogP contribution < -0.4 is 10.0 Å². The van der Waals surface area contributed by atoms with Gasteiger partial charge in [0.2, 0.25) is 15.9 Å². The van der Waals surface area contributed by atoms with E-state index in [4.69, 9.17) is 4.42 Å². The van der Waals surface area contributed by atoms with Gasteiger partial charge in [0, 0.05) is 48.1 Å². The standard InChI is InChI=1S/C28H32N6O3S/c1-16(2)13-31-38(35,36)27-23-11-21(32-22-8-9-25(30-15-22)28-34-33-17(3)37-28)7-6-19(23)10-20-14-29-26(12-24(20)27)18-4-5-18/h8-10,12,14-16,18,21,31-32H,4-7,11,13H2,1-3H3/t21-/m0/s1. The molecule has 0 amide bonds. The van der Waals surface area contributed by atoms with Gasteiger partial charge in [0.1, 0.15) is 5.69 Å². The van der Waals surface area contributed by atoms with E-state index in [0.29, 0.717) is 41.3 Å². The third-order valence-electron chi connectivity index (χ3n) is 7.23. The first-order valence-electron chi connectivity index (χ1n) is 13.2. The molecule has 0 bridgehead atoms. The Kier molecular flexibility index (Phi) is 6.39. The van der Waals surface area contributed by atoms with Crippen molar-refractivity contribution >= 4 is 26.5 Å². The number of aryl methyl sites for hydroxylation is 2. The number of sulfonamides is 1. The molecule has 3 aromatic heterocycles. The molecule has 198 valence electrons. The van der Waals surface area contributed by atoms with Crippen LogP contribution in [0.4, 0.5) is 5.69 Å². The fraction of sp³-hybridized carbons (Fsp3) is 0.429. The monoisotopic (exact) mass is 532 g/mol. The predicted octanol–water partition coefficient (Wildman–Crippen LogP) is 4.77. The predicted molar refractivity (Wildman–Crippen MR) is 145 cm³/mol. The van der Waals surface area contributed by atoms with Gasteiger partial charge < -0.3 is 9.73 Å². The Labute approximate surface area is 222 Å². The first kappa shape index (κ1) is 24.9. The maximum absolute atomic E-state index is 13.8.